The maximum atomic E-state index is 13.2. The molecule has 32 heavy (non-hydrogen) atoms. The largest absolute Gasteiger partial charge is 0.507 e. The van der Waals surface area contributed by atoms with Gasteiger partial charge < -0.3 is 14.6 Å². The van der Waals surface area contributed by atoms with E-state index in [1.807, 2.05) is 25.1 Å². The highest BCUT2D eigenvalue weighted by Gasteiger charge is 2.48. The predicted molar refractivity (Wildman–Crippen MR) is 122 cm³/mol. The number of ketones is 1. The molecular formula is C26H23NO5. The average Bonchev–Trinajstić information content (AvgIpc) is 3.09. The summed E-state index contributed by atoms with van der Waals surface area (Å²) < 4.78 is 10.9. The summed E-state index contributed by atoms with van der Waals surface area (Å²) in [6.07, 6.45) is 0. The fraction of sp³-hybridized carbons (Fsp3) is 0.154. The van der Waals surface area contributed by atoms with Crippen molar-refractivity contribution in [3.05, 3.63) is 95.1 Å². The van der Waals surface area contributed by atoms with Crippen LogP contribution in [0.2, 0.25) is 0 Å². The summed E-state index contributed by atoms with van der Waals surface area (Å²) in [4.78, 5) is 27.8. The minimum absolute atomic E-state index is 0.00485. The van der Waals surface area contributed by atoms with Crippen LogP contribution < -0.4 is 14.4 Å². The standard InChI is InChI=1S/C26H23NO5/c1-16-9-11-18(12-10-16)27-23(20-14-13-19(31-2)15-21(20)32-3)22(25(29)26(27)30)24(28)17-7-5-4-6-8-17/h4-15,23,28H,1-3H3/b24-22+/t23-/m1/s1. The summed E-state index contributed by atoms with van der Waals surface area (Å²) in [6, 6.07) is 20.3. The van der Waals surface area contributed by atoms with Crippen LogP contribution in [0.25, 0.3) is 5.76 Å². The minimum Gasteiger partial charge on any atom is -0.507 e. The Morgan fingerprint density at radius 2 is 1.59 bits per heavy atom. The van der Waals surface area contributed by atoms with E-state index >= 15 is 0 Å². The number of Topliss-reactive ketones (excluding diaryl/α,β-unsaturated/α-hetero) is 1. The van der Waals surface area contributed by atoms with Gasteiger partial charge in [-0.1, -0.05) is 48.0 Å². The number of hydrogen-bond acceptors (Lipinski definition) is 5. The third-order valence-electron chi connectivity index (χ3n) is 5.54. The van der Waals surface area contributed by atoms with Gasteiger partial charge >= 0.3 is 0 Å². The van der Waals surface area contributed by atoms with Crippen molar-refractivity contribution in [2.24, 2.45) is 0 Å². The molecule has 1 atom stereocenters. The van der Waals surface area contributed by atoms with E-state index in [9.17, 15) is 14.7 Å². The van der Waals surface area contributed by atoms with Gasteiger partial charge in [0.2, 0.25) is 0 Å². The Hall–Kier alpha value is -4.06. The zero-order chi connectivity index (χ0) is 22.8. The highest BCUT2D eigenvalue weighted by molar-refractivity contribution is 6.51. The zero-order valence-corrected chi connectivity index (χ0v) is 18.0. The second-order valence-corrected chi connectivity index (χ2v) is 7.48. The van der Waals surface area contributed by atoms with Gasteiger partial charge in [0.05, 0.1) is 25.8 Å². The van der Waals surface area contributed by atoms with Gasteiger partial charge in [-0.3, -0.25) is 14.5 Å². The molecule has 1 aliphatic rings. The lowest BCUT2D eigenvalue weighted by Gasteiger charge is -2.27. The van der Waals surface area contributed by atoms with E-state index in [2.05, 4.69) is 0 Å². The second-order valence-electron chi connectivity index (χ2n) is 7.48. The van der Waals surface area contributed by atoms with Gasteiger partial charge in [-0.15, -0.1) is 0 Å². The fourth-order valence-electron chi connectivity index (χ4n) is 3.89. The van der Waals surface area contributed by atoms with E-state index in [1.54, 1.807) is 61.7 Å². The van der Waals surface area contributed by atoms with Crippen molar-refractivity contribution in [1.82, 2.24) is 0 Å². The molecule has 0 aliphatic carbocycles. The Kier molecular flexibility index (Phi) is 5.69. The number of methoxy groups -OCH3 is 2. The van der Waals surface area contributed by atoms with Gasteiger partial charge in [0.15, 0.2) is 0 Å². The SMILES string of the molecule is COc1ccc([C@@H]2/C(=C(\O)c3ccccc3)C(=O)C(=O)N2c2ccc(C)cc2)c(OC)c1. The van der Waals surface area contributed by atoms with E-state index in [4.69, 9.17) is 9.47 Å². The molecule has 1 saturated heterocycles. The van der Waals surface area contributed by atoms with Crippen LogP contribution >= 0.6 is 0 Å². The zero-order valence-electron chi connectivity index (χ0n) is 18.0. The molecule has 0 bridgehead atoms. The van der Waals surface area contributed by atoms with Crippen LogP contribution in [0.1, 0.15) is 22.7 Å². The van der Waals surface area contributed by atoms with Crippen molar-refractivity contribution < 1.29 is 24.2 Å². The summed E-state index contributed by atoms with van der Waals surface area (Å²) in [5.74, 6) is -0.696. The number of aliphatic hydroxyl groups excluding tert-OH is 1. The summed E-state index contributed by atoms with van der Waals surface area (Å²) >= 11 is 0. The van der Waals surface area contributed by atoms with Crippen LogP contribution in [-0.4, -0.2) is 31.0 Å². The molecule has 3 aromatic rings. The number of carbonyl (C=O) groups excluding carboxylic acids is 2. The van der Waals surface area contributed by atoms with E-state index in [0.717, 1.165) is 5.56 Å². The quantitative estimate of drug-likeness (QED) is 0.363. The molecule has 0 spiro atoms. The van der Waals surface area contributed by atoms with Crippen molar-refractivity contribution in [3.63, 3.8) is 0 Å². The van der Waals surface area contributed by atoms with Crippen LogP contribution in [0, 0.1) is 6.92 Å². The lowest BCUT2D eigenvalue weighted by molar-refractivity contribution is -0.132. The third kappa shape index (κ3) is 3.60. The van der Waals surface area contributed by atoms with Gasteiger partial charge in [0.1, 0.15) is 17.3 Å². The van der Waals surface area contributed by atoms with Gasteiger partial charge in [-0.25, -0.2) is 0 Å². The monoisotopic (exact) mass is 429 g/mol. The Morgan fingerprint density at radius 3 is 2.22 bits per heavy atom. The fourth-order valence-corrected chi connectivity index (χ4v) is 3.89. The third-order valence-corrected chi connectivity index (χ3v) is 5.54. The normalized spacial score (nSPS) is 17.5. The van der Waals surface area contributed by atoms with Crippen molar-refractivity contribution in [2.45, 2.75) is 13.0 Å². The topological polar surface area (TPSA) is 76.1 Å². The number of anilines is 1. The van der Waals surface area contributed by atoms with Crippen LogP contribution in [0.5, 0.6) is 11.5 Å². The molecule has 6 heteroatoms. The number of nitrogens with zero attached hydrogens (tertiary/aromatic N) is 1. The Bertz CT molecular complexity index is 1200. The first-order valence-corrected chi connectivity index (χ1v) is 10.1. The first-order chi connectivity index (χ1) is 15.5. The molecule has 0 radical (unpaired) electrons. The molecule has 0 saturated carbocycles. The van der Waals surface area contributed by atoms with Crippen LogP contribution in [0.15, 0.2) is 78.4 Å². The summed E-state index contributed by atoms with van der Waals surface area (Å²) in [5, 5.41) is 11.1. The van der Waals surface area contributed by atoms with Crippen LogP contribution in [0.3, 0.4) is 0 Å². The number of benzene rings is 3. The Labute approximate surface area is 186 Å². The molecule has 4 rings (SSSR count). The van der Waals surface area contributed by atoms with Crippen molar-refractivity contribution >= 4 is 23.1 Å². The molecule has 0 unspecified atom stereocenters. The number of ether oxygens (including phenoxy) is 2. The number of aryl methyl sites for hydroxylation is 1. The number of amides is 1. The van der Waals surface area contributed by atoms with E-state index in [1.165, 1.54) is 12.0 Å². The smallest absolute Gasteiger partial charge is 0.300 e. The number of carbonyl (C=O) groups is 2. The average molecular weight is 429 g/mol. The van der Waals surface area contributed by atoms with Gasteiger partial charge in [0, 0.05) is 22.9 Å². The number of aliphatic hydroxyl groups is 1. The molecule has 1 amide bonds. The van der Waals surface area contributed by atoms with Crippen molar-refractivity contribution in [1.29, 1.82) is 0 Å². The molecule has 1 fully saturated rings. The summed E-state index contributed by atoms with van der Waals surface area (Å²) in [5.41, 5.74) is 2.59. The van der Waals surface area contributed by atoms with Gasteiger partial charge in [-0.2, -0.15) is 0 Å². The van der Waals surface area contributed by atoms with Crippen molar-refractivity contribution in [3.8, 4) is 11.5 Å². The summed E-state index contributed by atoms with van der Waals surface area (Å²) in [6.45, 7) is 1.94. The van der Waals surface area contributed by atoms with Crippen LogP contribution in [0.4, 0.5) is 5.69 Å². The molecule has 162 valence electrons. The van der Waals surface area contributed by atoms with Gasteiger partial charge in [-0.05, 0) is 31.2 Å². The first-order valence-electron chi connectivity index (χ1n) is 10.1. The number of rotatable bonds is 5. The molecule has 1 heterocycles. The van der Waals surface area contributed by atoms with Crippen molar-refractivity contribution in [2.75, 3.05) is 19.1 Å². The lowest BCUT2D eigenvalue weighted by atomic mass is 9.94. The molecule has 1 N–H and O–H groups in total. The predicted octanol–water partition coefficient (Wildman–Crippen LogP) is 4.64. The first kappa shape index (κ1) is 21.2. The van der Waals surface area contributed by atoms with Crippen LogP contribution in [-0.2, 0) is 9.59 Å². The Balaban J connectivity index is 1.99. The second kappa shape index (κ2) is 8.59. The molecule has 1 aliphatic heterocycles. The molecule has 3 aromatic carbocycles. The molecular weight excluding hydrogens is 406 g/mol. The summed E-state index contributed by atoms with van der Waals surface area (Å²) in [7, 11) is 3.05. The number of hydrogen-bond donors (Lipinski definition) is 1. The maximum absolute atomic E-state index is 13.2. The molecule has 6 nitrogen and oxygen atoms in total. The van der Waals surface area contributed by atoms with E-state index in [0.29, 0.717) is 28.3 Å². The lowest BCUT2D eigenvalue weighted by Crippen LogP contribution is -2.29. The van der Waals surface area contributed by atoms with E-state index in [-0.39, 0.29) is 11.3 Å². The van der Waals surface area contributed by atoms with E-state index < -0.39 is 17.7 Å². The molecule has 0 aromatic heterocycles. The highest BCUT2D eigenvalue weighted by atomic mass is 16.5. The minimum atomic E-state index is -0.876. The maximum Gasteiger partial charge on any atom is 0.300 e. The Morgan fingerprint density at radius 1 is 0.906 bits per heavy atom. The van der Waals surface area contributed by atoms with Gasteiger partial charge in [0.25, 0.3) is 11.7 Å². The highest BCUT2D eigenvalue weighted by Crippen LogP contribution is 2.45.